The van der Waals surface area contributed by atoms with Crippen LogP contribution in [-0.4, -0.2) is 50.0 Å². The van der Waals surface area contributed by atoms with Crippen LogP contribution in [-0.2, 0) is 32.6 Å². The molecule has 0 fully saturated rings. The fourth-order valence-corrected chi connectivity index (χ4v) is 5.06. The molecular weight excluding hydrogens is 517 g/mol. The average Bonchev–Trinajstić information content (AvgIpc) is 2.87. The van der Waals surface area contributed by atoms with Gasteiger partial charge >= 0.3 is 0 Å². The van der Waals surface area contributed by atoms with Crippen molar-refractivity contribution in [3.8, 4) is 0 Å². The van der Waals surface area contributed by atoms with Crippen LogP contribution in [0, 0.1) is 19.7 Å². The molecule has 0 unspecified atom stereocenters. The van der Waals surface area contributed by atoms with Gasteiger partial charge in [0.05, 0.1) is 11.9 Å². The van der Waals surface area contributed by atoms with E-state index in [2.05, 4.69) is 5.32 Å². The Morgan fingerprint density at radius 2 is 1.54 bits per heavy atom. The van der Waals surface area contributed by atoms with Gasteiger partial charge in [-0.25, -0.2) is 12.8 Å². The largest absolute Gasteiger partial charge is 0.352 e. The molecule has 0 heterocycles. The van der Waals surface area contributed by atoms with Gasteiger partial charge in [-0.1, -0.05) is 48.5 Å². The number of rotatable bonds is 11. The molecule has 2 amide bonds. The van der Waals surface area contributed by atoms with Gasteiger partial charge in [0, 0.05) is 19.0 Å². The van der Waals surface area contributed by atoms with Gasteiger partial charge in [0.25, 0.3) is 0 Å². The van der Waals surface area contributed by atoms with Crippen LogP contribution in [0.4, 0.5) is 10.1 Å². The zero-order valence-corrected chi connectivity index (χ0v) is 23.8. The van der Waals surface area contributed by atoms with Crippen molar-refractivity contribution in [3.63, 3.8) is 0 Å². The number of sulfonamides is 1. The SMILES string of the molecule is Cc1ccc(N(CC(=O)N(Cc2ccc(F)cc2)[C@@H](Cc2ccccc2)C(=O)NC(C)C)S(C)(=O)=O)cc1C. The van der Waals surface area contributed by atoms with Crippen LogP contribution < -0.4 is 9.62 Å². The van der Waals surface area contributed by atoms with E-state index in [1.54, 1.807) is 30.3 Å². The Morgan fingerprint density at radius 3 is 2.10 bits per heavy atom. The molecule has 1 N–H and O–H groups in total. The van der Waals surface area contributed by atoms with Crippen molar-refractivity contribution in [2.24, 2.45) is 0 Å². The first-order valence-electron chi connectivity index (χ1n) is 12.8. The van der Waals surface area contributed by atoms with E-state index in [1.165, 1.54) is 17.0 Å². The van der Waals surface area contributed by atoms with Crippen molar-refractivity contribution in [2.45, 2.75) is 52.7 Å². The van der Waals surface area contributed by atoms with Crippen LogP contribution in [0.25, 0.3) is 0 Å². The van der Waals surface area contributed by atoms with Crippen molar-refractivity contribution in [1.82, 2.24) is 10.2 Å². The number of hydrogen-bond acceptors (Lipinski definition) is 4. The molecule has 0 aliphatic carbocycles. The molecule has 9 heteroatoms. The highest BCUT2D eigenvalue weighted by Gasteiger charge is 2.33. The van der Waals surface area contributed by atoms with Crippen LogP contribution in [0.2, 0.25) is 0 Å². The third-order valence-corrected chi connectivity index (χ3v) is 7.57. The number of aryl methyl sites for hydroxylation is 2. The first-order valence-corrected chi connectivity index (χ1v) is 14.6. The number of anilines is 1. The highest BCUT2D eigenvalue weighted by atomic mass is 32.2. The second kappa shape index (κ2) is 12.9. The Kier molecular flexibility index (Phi) is 9.86. The molecule has 3 aromatic carbocycles. The molecule has 0 aliphatic heterocycles. The molecule has 3 aromatic rings. The van der Waals surface area contributed by atoms with Crippen LogP contribution in [0.3, 0.4) is 0 Å². The first-order chi connectivity index (χ1) is 18.3. The molecule has 1 atom stereocenters. The molecule has 0 aromatic heterocycles. The zero-order valence-electron chi connectivity index (χ0n) is 23.0. The predicted octanol–water partition coefficient (Wildman–Crippen LogP) is 4.37. The number of hydrogen-bond donors (Lipinski definition) is 1. The van der Waals surface area contributed by atoms with Crippen LogP contribution in [0.5, 0.6) is 0 Å². The lowest BCUT2D eigenvalue weighted by molar-refractivity contribution is -0.140. The quantitative estimate of drug-likeness (QED) is 0.382. The summed E-state index contributed by atoms with van der Waals surface area (Å²) in [6.07, 6.45) is 1.27. The van der Waals surface area contributed by atoms with Gasteiger partial charge in [-0.3, -0.25) is 13.9 Å². The standard InChI is InChI=1S/C30H36FN3O4S/c1-21(2)32-30(36)28(18-24-9-7-6-8-10-24)33(19-25-12-14-26(31)15-13-25)29(35)20-34(39(5,37)38)27-16-11-22(3)23(4)17-27/h6-17,21,28H,18-20H2,1-5H3,(H,32,36)/t28-/m0/s1. The molecular formula is C30H36FN3O4S. The van der Waals surface area contributed by atoms with Crippen LogP contribution in [0.15, 0.2) is 72.8 Å². The minimum Gasteiger partial charge on any atom is -0.352 e. The maximum atomic E-state index is 14.0. The minimum absolute atomic E-state index is 0.00729. The van der Waals surface area contributed by atoms with Crippen molar-refractivity contribution in [3.05, 3.63) is 101 Å². The van der Waals surface area contributed by atoms with E-state index >= 15 is 0 Å². The third-order valence-electron chi connectivity index (χ3n) is 6.43. The predicted molar refractivity (Wildman–Crippen MR) is 152 cm³/mol. The summed E-state index contributed by atoms with van der Waals surface area (Å²) >= 11 is 0. The molecule has 0 bridgehead atoms. The highest BCUT2D eigenvalue weighted by Crippen LogP contribution is 2.23. The lowest BCUT2D eigenvalue weighted by Gasteiger charge is -2.34. The Balaban J connectivity index is 2.06. The minimum atomic E-state index is -3.84. The molecule has 208 valence electrons. The van der Waals surface area contributed by atoms with Gasteiger partial charge in [-0.05, 0) is 74.2 Å². The second-order valence-corrected chi connectivity index (χ2v) is 12.0. The fraction of sp³-hybridized carbons (Fsp3) is 0.333. The van der Waals surface area contributed by atoms with Crippen molar-refractivity contribution < 1.29 is 22.4 Å². The summed E-state index contributed by atoms with van der Waals surface area (Å²) < 4.78 is 40.4. The summed E-state index contributed by atoms with van der Waals surface area (Å²) in [5, 5.41) is 2.90. The Morgan fingerprint density at radius 1 is 0.897 bits per heavy atom. The number of nitrogens with one attached hydrogen (secondary N) is 1. The monoisotopic (exact) mass is 553 g/mol. The van der Waals surface area contributed by atoms with E-state index in [0.29, 0.717) is 11.3 Å². The fourth-order valence-electron chi connectivity index (χ4n) is 4.22. The molecule has 0 saturated heterocycles. The molecule has 0 saturated carbocycles. The molecule has 7 nitrogen and oxygen atoms in total. The summed E-state index contributed by atoms with van der Waals surface area (Å²) in [5.74, 6) is -1.34. The Bertz CT molecular complexity index is 1390. The van der Waals surface area contributed by atoms with Gasteiger partial charge < -0.3 is 10.2 Å². The van der Waals surface area contributed by atoms with E-state index in [4.69, 9.17) is 0 Å². The lowest BCUT2D eigenvalue weighted by atomic mass is 10.0. The topological polar surface area (TPSA) is 86.8 Å². The third kappa shape index (κ3) is 8.38. The summed E-state index contributed by atoms with van der Waals surface area (Å²) in [6.45, 7) is 6.94. The van der Waals surface area contributed by atoms with Crippen LogP contribution in [0.1, 0.15) is 36.1 Å². The zero-order chi connectivity index (χ0) is 28.7. The number of benzene rings is 3. The molecule has 0 spiro atoms. The second-order valence-electron chi connectivity index (χ2n) is 10.1. The maximum Gasteiger partial charge on any atom is 0.244 e. The van der Waals surface area contributed by atoms with Gasteiger partial charge in [0.1, 0.15) is 18.4 Å². The maximum absolute atomic E-state index is 14.0. The lowest BCUT2D eigenvalue weighted by Crippen LogP contribution is -2.54. The normalized spacial score (nSPS) is 12.2. The smallest absolute Gasteiger partial charge is 0.244 e. The summed E-state index contributed by atoms with van der Waals surface area (Å²) in [6, 6.07) is 19.0. The van der Waals surface area contributed by atoms with Gasteiger partial charge in [-0.2, -0.15) is 0 Å². The van der Waals surface area contributed by atoms with Gasteiger partial charge in [-0.15, -0.1) is 0 Å². The van der Waals surface area contributed by atoms with E-state index in [1.807, 2.05) is 58.0 Å². The summed E-state index contributed by atoms with van der Waals surface area (Å²) in [7, 11) is -3.84. The molecule has 0 radical (unpaired) electrons. The summed E-state index contributed by atoms with van der Waals surface area (Å²) in [5.41, 5.74) is 3.69. The number of amides is 2. The summed E-state index contributed by atoms with van der Waals surface area (Å²) in [4.78, 5) is 28.9. The average molecular weight is 554 g/mol. The van der Waals surface area contributed by atoms with E-state index in [9.17, 15) is 22.4 Å². The molecule has 3 rings (SSSR count). The van der Waals surface area contributed by atoms with E-state index in [0.717, 1.165) is 27.3 Å². The number of nitrogens with zero attached hydrogens (tertiary/aromatic N) is 2. The van der Waals surface area contributed by atoms with Gasteiger partial charge in [0.2, 0.25) is 21.8 Å². The Labute approximate surface area is 230 Å². The van der Waals surface area contributed by atoms with Crippen molar-refractivity contribution in [2.75, 3.05) is 17.1 Å². The highest BCUT2D eigenvalue weighted by molar-refractivity contribution is 7.92. The number of carbonyl (C=O) groups is 2. The Hall–Kier alpha value is -3.72. The number of carbonyl (C=O) groups excluding carboxylic acids is 2. The van der Waals surface area contributed by atoms with E-state index in [-0.39, 0.29) is 24.9 Å². The van der Waals surface area contributed by atoms with Gasteiger partial charge in [0.15, 0.2) is 0 Å². The van der Waals surface area contributed by atoms with Crippen molar-refractivity contribution in [1.29, 1.82) is 0 Å². The number of halogens is 1. The molecule has 39 heavy (non-hydrogen) atoms. The van der Waals surface area contributed by atoms with Crippen molar-refractivity contribution >= 4 is 27.5 Å². The van der Waals surface area contributed by atoms with E-state index < -0.39 is 34.3 Å². The van der Waals surface area contributed by atoms with Crippen LogP contribution >= 0.6 is 0 Å². The molecule has 0 aliphatic rings. The first kappa shape index (κ1) is 29.8.